The third kappa shape index (κ3) is 4.59. The molecule has 2 aromatic heterocycles. The number of nitrogens with zero attached hydrogens (tertiary/aromatic N) is 6. The van der Waals surface area contributed by atoms with Gasteiger partial charge in [0, 0.05) is 22.9 Å². The molecule has 0 unspecified atom stereocenters. The molecule has 1 amide bonds. The van der Waals surface area contributed by atoms with Crippen LogP contribution < -0.4 is 5.32 Å². The van der Waals surface area contributed by atoms with Crippen LogP contribution in [0, 0.1) is 0 Å². The van der Waals surface area contributed by atoms with Crippen LogP contribution in [-0.2, 0) is 4.79 Å². The van der Waals surface area contributed by atoms with Gasteiger partial charge in [0.15, 0.2) is 5.16 Å². The topological polar surface area (TPSA) is 90.5 Å². The molecule has 5 aromatic rings. The molecular formula is C23H18ClN7OS. The van der Waals surface area contributed by atoms with Gasteiger partial charge < -0.3 is 5.32 Å². The van der Waals surface area contributed by atoms with Crippen LogP contribution in [0.3, 0.4) is 0 Å². The van der Waals surface area contributed by atoms with Crippen LogP contribution >= 0.6 is 23.4 Å². The number of halogens is 1. The Hall–Kier alpha value is -3.69. The number of para-hydroxylation sites is 2. The van der Waals surface area contributed by atoms with Crippen LogP contribution in [0.2, 0.25) is 5.02 Å². The van der Waals surface area contributed by atoms with Crippen molar-refractivity contribution in [1.29, 1.82) is 0 Å². The Bertz CT molecular complexity index is 1420. The highest BCUT2D eigenvalue weighted by Crippen LogP contribution is 2.26. The Morgan fingerprint density at radius 1 is 0.939 bits per heavy atom. The fourth-order valence-corrected chi connectivity index (χ4v) is 4.41. The summed E-state index contributed by atoms with van der Waals surface area (Å²) in [6, 6.07) is 24.6. The van der Waals surface area contributed by atoms with E-state index in [1.54, 1.807) is 28.9 Å². The van der Waals surface area contributed by atoms with Gasteiger partial charge >= 0.3 is 0 Å². The summed E-state index contributed by atoms with van der Waals surface area (Å²) in [4.78, 5) is 12.4. The molecular weight excluding hydrogens is 458 g/mol. The Labute approximate surface area is 198 Å². The van der Waals surface area contributed by atoms with E-state index in [0.29, 0.717) is 34.0 Å². The number of amides is 1. The van der Waals surface area contributed by atoms with E-state index in [1.807, 2.05) is 59.2 Å². The molecule has 0 spiro atoms. The number of aromatic nitrogens is 6. The first-order chi connectivity index (χ1) is 16.2. The number of fused-ring (bicyclic) bond motifs is 1. The minimum atomic E-state index is -0.0990. The third-order valence-corrected chi connectivity index (χ3v) is 6.01. The lowest BCUT2D eigenvalue weighted by Crippen LogP contribution is -2.12. The van der Waals surface area contributed by atoms with Crippen LogP contribution in [0.25, 0.3) is 22.7 Å². The Morgan fingerprint density at radius 3 is 2.61 bits per heavy atom. The minimum Gasteiger partial charge on any atom is -0.326 e. The number of anilines is 1. The van der Waals surface area contributed by atoms with E-state index < -0.39 is 0 Å². The molecule has 0 saturated heterocycles. The number of rotatable bonds is 7. The zero-order chi connectivity index (χ0) is 22.6. The summed E-state index contributed by atoms with van der Waals surface area (Å²) in [6.45, 7) is 0. The molecule has 2 heterocycles. The Morgan fingerprint density at radius 2 is 1.76 bits per heavy atom. The van der Waals surface area contributed by atoms with Crippen molar-refractivity contribution < 1.29 is 4.79 Å². The van der Waals surface area contributed by atoms with E-state index in [4.69, 9.17) is 11.6 Å². The van der Waals surface area contributed by atoms with Gasteiger partial charge in [0.25, 0.3) is 5.95 Å². The first kappa shape index (κ1) is 21.2. The molecule has 0 saturated carbocycles. The highest BCUT2D eigenvalue weighted by molar-refractivity contribution is 7.99. The third-order valence-electron chi connectivity index (χ3n) is 4.84. The molecule has 0 aliphatic heterocycles. The van der Waals surface area contributed by atoms with Crippen LogP contribution in [0.4, 0.5) is 5.69 Å². The first-order valence-electron chi connectivity index (χ1n) is 10.2. The molecule has 164 valence electrons. The normalized spacial score (nSPS) is 11.1. The number of hydrogen-bond acceptors (Lipinski definition) is 6. The molecule has 0 fully saturated rings. The fourth-order valence-electron chi connectivity index (χ4n) is 3.34. The zero-order valence-electron chi connectivity index (χ0n) is 17.3. The summed E-state index contributed by atoms with van der Waals surface area (Å²) in [5, 5.41) is 21.4. The molecule has 0 atom stereocenters. The molecule has 3 aromatic carbocycles. The highest BCUT2D eigenvalue weighted by Gasteiger charge is 2.19. The second-order valence-electron chi connectivity index (χ2n) is 7.10. The summed E-state index contributed by atoms with van der Waals surface area (Å²) in [5.74, 6) is 0.953. The molecule has 8 nitrogen and oxygen atoms in total. The number of carbonyl (C=O) groups excluding carboxylic acids is 1. The van der Waals surface area contributed by atoms with Crippen molar-refractivity contribution >= 4 is 46.0 Å². The summed E-state index contributed by atoms with van der Waals surface area (Å²) in [5.41, 5.74) is 3.17. The van der Waals surface area contributed by atoms with Gasteiger partial charge in [0.05, 0.1) is 11.2 Å². The first-order valence-corrected chi connectivity index (χ1v) is 11.6. The number of hydrogen-bond donors (Lipinski definition) is 1. The molecule has 5 rings (SSSR count). The number of benzene rings is 3. The maximum absolute atomic E-state index is 12.4. The Balaban J connectivity index is 1.38. The van der Waals surface area contributed by atoms with Crippen molar-refractivity contribution in [2.75, 3.05) is 11.1 Å². The van der Waals surface area contributed by atoms with Gasteiger partial charge in [-0.2, -0.15) is 4.68 Å². The lowest BCUT2D eigenvalue weighted by Gasteiger charge is -2.10. The predicted octanol–water partition coefficient (Wildman–Crippen LogP) is 4.78. The average molecular weight is 476 g/mol. The standard InChI is InChI=1S/C23H18ClN7OS/c24-16-7-6-8-17(15-16)25-21(32)13-14-33-23-28-27-22(30(23)18-9-2-1-3-10-18)31-20-12-5-4-11-19(20)26-29-31/h1-12,15H,13-14H2,(H,25,32). The lowest BCUT2D eigenvalue weighted by atomic mass is 10.3. The maximum Gasteiger partial charge on any atom is 0.259 e. The van der Waals surface area contributed by atoms with Crippen LogP contribution in [-0.4, -0.2) is 41.4 Å². The summed E-state index contributed by atoms with van der Waals surface area (Å²) in [7, 11) is 0. The predicted molar refractivity (Wildman–Crippen MR) is 129 cm³/mol. The SMILES string of the molecule is O=C(CCSc1nnc(-n2nnc3ccccc32)n1-c1ccccc1)Nc1cccc(Cl)c1. The van der Waals surface area contributed by atoms with Crippen molar-refractivity contribution in [2.24, 2.45) is 0 Å². The van der Waals surface area contributed by atoms with Crippen molar-refractivity contribution in [3.05, 3.63) is 83.9 Å². The van der Waals surface area contributed by atoms with Crippen molar-refractivity contribution in [3.8, 4) is 11.6 Å². The summed E-state index contributed by atoms with van der Waals surface area (Å²) in [6.07, 6.45) is 0.306. The zero-order valence-corrected chi connectivity index (χ0v) is 18.9. The number of carbonyl (C=O) groups is 1. The molecule has 0 radical (unpaired) electrons. The Kier molecular flexibility index (Phi) is 6.05. The molecule has 33 heavy (non-hydrogen) atoms. The molecule has 0 aliphatic rings. The van der Waals surface area contributed by atoms with E-state index in [2.05, 4.69) is 25.8 Å². The van der Waals surface area contributed by atoms with Gasteiger partial charge in [-0.3, -0.25) is 9.36 Å². The number of thioether (sulfide) groups is 1. The monoisotopic (exact) mass is 475 g/mol. The van der Waals surface area contributed by atoms with Crippen molar-refractivity contribution in [3.63, 3.8) is 0 Å². The second-order valence-corrected chi connectivity index (χ2v) is 8.60. The smallest absolute Gasteiger partial charge is 0.259 e. The van der Waals surface area contributed by atoms with E-state index >= 15 is 0 Å². The quantitative estimate of drug-likeness (QED) is 0.341. The van der Waals surface area contributed by atoms with Crippen LogP contribution in [0.1, 0.15) is 6.42 Å². The number of nitrogens with one attached hydrogen (secondary N) is 1. The molecule has 10 heteroatoms. The molecule has 0 bridgehead atoms. The van der Waals surface area contributed by atoms with E-state index in [9.17, 15) is 4.79 Å². The van der Waals surface area contributed by atoms with Crippen LogP contribution in [0.5, 0.6) is 0 Å². The second kappa shape index (κ2) is 9.43. The highest BCUT2D eigenvalue weighted by atomic mass is 35.5. The lowest BCUT2D eigenvalue weighted by molar-refractivity contribution is -0.115. The van der Waals surface area contributed by atoms with Gasteiger partial charge in [-0.05, 0) is 42.5 Å². The van der Waals surface area contributed by atoms with Gasteiger partial charge in [0.1, 0.15) is 5.52 Å². The fraction of sp³-hybridized carbons (Fsp3) is 0.0870. The molecule has 0 aliphatic carbocycles. The molecule has 1 N–H and O–H groups in total. The van der Waals surface area contributed by atoms with E-state index in [1.165, 1.54) is 11.8 Å². The van der Waals surface area contributed by atoms with Crippen molar-refractivity contribution in [2.45, 2.75) is 11.6 Å². The maximum atomic E-state index is 12.4. The van der Waals surface area contributed by atoms with Crippen molar-refractivity contribution in [1.82, 2.24) is 29.8 Å². The van der Waals surface area contributed by atoms with Gasteiger partial charge in [-0.1, -0.05) is 65.0 Å². The van der Waals surface area contributed by atoms with E-state index in [0.717, 1.165) is 16.7 Å². The average Bonchev–Trinajstić information content (AvgIpc) is 3.43. The summed E-state index contributed by atoms with van der Waals surface area (Å²) >= 11 is 7.43. The minimum absolute atomic E-state index is 0.0990. The van der Waals surface area contributed by atoms with Gasteiger partial charge in [-0.15, -0.1) is 15.3 Å². The van der Waals surface area contributed by atoms with Gasteiger partial charge in [0.2, 0.25) is 5.91 Å². The van der Waals surface area contributed by atoms with Gasteiger partial charge in [-0.25, -0.2) is 0 Å². The largest absolute Gasteiger partial charge is 0.326 e. The van der Waals surface area contributed by atoms with Crippen LogP contribution in [0.15, 0.2) is 84.0 Å². The van der Waals surface area contributed by atoms with E-state index in [-0.39, 0.29) is 5.91 Å². The summed E-state index contributed by atoms with van der Waals surface area (Å²) < 4.78 is 3.59.